The Morgan fingerprint density at radius 2 is 1.92 bits per heavy atom. The first kappa shape index (κ1) is 17.2. The Balaban J connectivity index is 1.76. The molecule has 0 atom stereocenters. The number of aromatic nitrogens is 1. The normalized spacial score (nSPS) is 16.3. The Hall–Kier alpha value is -1.68. The van der Waals surface area contributed by atoms with Gasteiger partial charge in [0.2, 0.25) is 0 Å². The summed E-state index contributed by atoms with van der Waals surface area (Å²) in [5.74, 6) is -0.0670. The van der Waals surface area contributed by atoms with Gasteiger partial charge in [0.1, 0.15) is 10.0 Å². The number of nitrogens with zero attached hydrogens (tertiary/aromatic N) is 3. The van der Waals surface area contributed by atoms with Gasteiger partial charge in [0.05, 0.1) is 9.90 Å². The summed E-state index contributed by atoms with van der Waals surface area (Å²) in [7, 11) is -3.54. The average Bonchev–Trinajstić information content (AvgIpc) is 3.02. The predicted molar refractivity (Wildman–Crippen MR) is 93.1 cm³/mol. The lowest BCUT2D eigenvalue weighted by molar-refractivity contribution is 0.100. The highest BCUT2D eigenvalue weighted by Crippen LogP contribution is 2.29. The number of thiophene rings is 1. The Kier molecular flexibility index (Phi) is 4.77. The lowest BCUT2D eigenvalue weighted by atomic mass is 10.2. The quantitative estimate of drug-likeness (QED) is 0.856. The van der Waals surface area contributed by atoms with Gasteiger partial charge >= 0.3 is 0 Å². The maximum Gasteiger partial charge on any atom is 0.252 e. The third-order valence-electron chi connectivity index (χ3n) is 3.73. The molecule has 0 unspecified atom stereocenters. The molecule has 0 spiro atoms. The van der Waals surface area contributed by atoms with Crippen LogP contribution in [0.15, 0.2) is 34.7 Å². The Bertz CT molecular complexity index is 860. The van der Waals surface area contributed by atoms with Gasteiger partial charge in [-0.2, -0.15) is 4.31 Å². The zero-order chi connectivity index (χ0) is 17.3. The fraction of sp³-hybridized carbons (Fsp3) is 0.286. The summed E-state index contributed by atoms with van der Waals surface area (Å²) >= 11 is 6.87. The summed E-state index contributed by atoms with van der Waals surface area (Å²) in [6.45, 7) is 1.45. The second-order valence-corrected chi connectivity index (χ2v) is 9.07. The van der Waals surface area contributed by atoms with Gasteiger partial charge in [0.25, 0.3) is 15.9 Å². The van der Waals surface area contributed by atoms with Gasteiger partial charge in [0, 0.05) is 32.4 Å². The molecule has 0 aliphatic carbocycles. The molecule has 3 heterocycles. The number of hydrogen-bond acceptors (Lipinski definition) is 6. The number of carbonyl (C=O) groups is 1. The molecule has 2 aromatic rings. The van der Waals surface area contributed by atoms with Gasteiger partial charge in [-0.15, -0.1) is 11.3 Å². The topological polar surface area (TPSA) is 96.6 Å². The lowest BCUT2D eigenvalue weighted by Gasteiger charge is -2.34. The smallest absolute Gasteiger partial charge is 0.252 e. The highest BCUT2D eigenvalue weighted by Gasteiger charge is 2.30. The van der Waals surface area contributed by atoms with Crippen LogP contribution >= 0.6 is 22.9 Å². The predicted octanol–water partition coefficient (Wildman–Crippen LogP) is 1.41. The van der Waals surface area contributed by atoms with Crippen LogP contribution in [0.1, 0.15) is 10.4 Å². The van der Waals surface area contributed by atoms with E-state index in [2.05, 4.69) is 4.98 Å². The highest BCUT2D eigenvalue weighted by atomic mass is 35.5. The van der Waals surface area contributed by atoms with E-state index in [1.165, 1.54) is 10.4 Å². The van der Waals surface area contributed by atoms with Crippen molar-refractivity contribution in [3.05, 3.63) is 40.4 Å². The van der Waals surface area contributed by atoms with Crippen LogP contribution in [0.4, 0.5) is 5.82 Å². The largest absolute Gasteiger partial charge is 0.365 e. The molecule has 0 radical (unpaired) electrons. The van der Waals surface area contributed by atoms with E-state index in [1.54, 1.807) is 24.4 Å². The van der Waals surface area contributed by atoms with E-state index in [1.807, 2.05) is 4.90 Å². The molecule has 1 aliphatic rings. The van der Waals surface area contributed by atoms with E-state index in [-0.39, 0.29) is 4.21 Å². The van der Waals surface area contributed by atoms with Crippen LogP contribution in [0.5, 0.6) is 0 Å². The van der Waals surface area contributed by atoms with Crippen molar-refractivity contribution in [2.75, 3.05) is 31.1 Å². The zero-order valence-electron chi connectivity index (χ0n) is 12.6. The number of nitrogens with two attached hydrogens (primary N) is 1. The number of pyridine rings is 1. The maximum atomic E-state index is 12.6. The number of sulfonamides is 1. The summed E-state index contributed by atoms with van der Waals surface area (Å²) < 4.78 is 27.3. The molecule has 1 fully saturated rings. The summed E-state index contributed by atoms with van der Waals surface area (Å²) in [5, 5.41) is 0. The average molecular weight is 387 g/mol. The van der Waals surface area contributed by atoms with Crippen LogP contribution in [0, 0.1) is 0 Å². The molecule has 0 bridgehead atoms. The molecule has 24 heavy (non-hydrogen) atoms. The molecule has 0 saturated carbocycles. The molecule has 3 rings (SSSR count). The zero-order valence-corrected chi connectivity index (χ0v) is 14.9. The molecule has 1 saturated heterocycles. The van der Waals surface area contributed by atoms with E-state index in [9.17, 15) is 13.2 Å². The highest BCUT2D eigenvalue weighted by molar-refractivity contribution is 7.91. The fourth-order valence-corrected chi connectivity index (χ4v) is 5.60. The second-order valence-electron chi connectivity index (χ2n) is 5.19. The van der Waals surface area contributed by atoms with E-state index in [0.29, 0.717) is 41.9 Å². The van der Waals surface area contributed by atoms with Crippen molar-refractivity contribution in [3.63, 3.8) is 0 Å². The van der Waals surface area contributed by atoms with Crippen LogP contribution in [-0.2, 0) is 10.0 Å². The van der Waals surface area contributed by atoms with Crippen molar-refractivity contribution < 1.29 is 13.2 Å². The van der Waals surface area contributed by atoms with E-state index in [4.69, 9.17) is 17.3 Å². The molecular formula is C14H15ClN4O3S2. The molecule has 1 amide bonds. The third-order valence-corrected chi connectivity index (χ3v) is 7.33. The van der Waals surface area contributed by atoms with E-state index >= 15 is 0 Å². The van der Waals surface area contributed by atoms with Crippen LogP contribution < -0.4 is 10.6 Å². The molecule has 2 N–H and O–H groups in total. The van der Waals surface area contributed by atoms with Gasteiger partial charge in [0.15, 0.2) is 0 Å². The lowest BCUT2D eigenvalue weighted by Crippen LogP contribution is -2.49. The van der Waals surface area contributed by atoms with Crippen molar-refractivity contribution in [1.29, 1.82) is 0 Å². The molecule has 0 aromatic carbocycles. The van der Waals surface area contributed by atoms with Gasteiger partial charge in [-0.05, 0) is 24.3 Å². The monoisotopic (exact) mass is 386 g/mol. The standard InChI is InChI=1S/C14H15ClN4O3S2/c15-11-3-4-12(23-11)24(21,22)19-8-6-18(7-9-19)14-10(13(16)20)2-1-5-17-14/h1-5H,6-9H2,(H2,16,20). The first-order chi connectivity index (χ1) is 11.4. The Morgan fingerprint density at radius 1 is 1.21 bits per heavy atom. The van der Waals surface area contributed by atoms with Crippen LogP contribution in [0.3, 0.4) is 0 Å². The molecule has 1 aliphatic heterocycles. The van der Waals surface area contributed by atoms with Crippen LogP contribution in [0.2, 0.25) is 4.34 Å². The Labute approximate surface area is 148 Å². The molecule has 10 heteroatoms. The minimum atomic E-state index is -3.54. The van der Waals surface area contributed by atoms with Crippen molar-refractivity contribution >= 4 is 44.7 Å². The second kappa shape index (κ2) is 6.67. The van der Waals surface area contributed by atoms with Crippen LogP contribution in [-0.4, -0.2) is 49.8 Å². The summed E-state index contributed by atoms with van der Waals surface area (Å²) in [5.41, 5.74) is 5.71. The van der Waals surface area contributed by atoms with Crippen molar-refractivity contribution in [3.8, 4) is 0 Å². The van der Waals surface area contributed by atoms with Gasteiger partial charge < -0.3 is 10.6 Å². The van der Waals surface area contributed by atoms with E-state index in [0.717, 1.165) is 11.3 Å². The number of rotatable bonds is 4. The Morgan fingerprint density at radius 3 is 2.50 bits per heavy atom. The van der Waals surface area contributed by atoms with Gasteiger partial charge in [-0.25, -0.2) is 13.4 Å². The molecular weight excluding hydrogens is 372 g/mol. The summed E-state index contributed by atoms with van der Waals surface area (Å²) in [4.78, 5) is 17.6. The minimum Gasteiger partial charge on any atom is -0.365 e. The van der Waals surface area contributed by atoms with Crippen LogP contribution in [0.25, 0.3) is 0 Å². The number of hydrogen-bond donors (Lipinski definition) is 1. The first-order valence-corrected chi connectivity index (χ1v) is 9.78. The van der Waals surface area contributed by atoms with Crippen molar-refractivity contribution in [2.45, 2.75) is 4.21 Å². The number of primary amides is 1. The molecule has 128 valence electrons. The summed E-state index contributed by atoms with van der Waals surface area (Å²) in [6, 6.07) is 6.34. The number of anilines is 1. The number of piperazine rings is 1. The molecule has 2 aromatic heterocycles. The molecule has 7 nitrogen and oxygen atoms in total. The maximum absolute atomic E-state index is 12.6. The number of halogens is 1. The fourth-order valence-electron chi connectivity index (χ4n) is 2.55. The first-order valence-electron chi connectivity index (χ1n) is 7.15. The third kappa shape index (κ3) is 3.25. The number of amides is 1. The van der Waals surface area contributed by atoms with Gasteiger partial charge in [-0.3, -0.25) is 4.79 Å². The summed E-state index contributed by atoms with van der Waals surface area (Å²) in [6.07, 6.45) is 1.58. The minimum absolute atomic E-state index is 0.233. The van der Waals surface area contributed by atoms with E-state index < -0.39 is 15.9 Å². The van der Waals surface area contributed by atoms with Gasteiger partial charge in [-0.1, -0.05) is 11.6 Å². The van der Waals surface area contributed by atoms with Crippen molar-refractivity contribution in [2.24, 2.45) is 5.73 Å². The number of carbonyl (C=O) groups excluding carboxylic acids is 1. The van der Waals surface area contributed by atoms with Crippen molar-refractivity contribution in [1.82, 2.24) is 9.29 Å². The SMILES string of the molecule is NC(=O)c1cccnc1N1CCN(S(=O)(=O)c2ccc(Cl)s2)CC1.